The molecule has 5 nitrogen and oxygen atoms in total. The largest absolute Gasteiger partial charge is 0.321 e. The summed E-state index contributed by atoms with van der Waals surface area (Å²) in [4.78, 5) is 28.1. The molecule has 0 aliphatic carbocycles. The van der Waals surface area contributed by atoms with Crippen molar-refractivity contribution in [1.82, 2.24) is 0 Å². The number of aryl methyl sites for hydroxylation is 2. The highest BCUT2D eigenvalue weighted by atomic mass is 32.2. The number of rotatable bonds is 5. The lowest BCUT2D eigenvalue weighted by Gasteiger charge is -2.18. The lowest BCUT2D eigenvalue weighted by atomic mass is 10.1. The third kappa shape index (κ3) is 4.84. The van der Waals surface area contributed by atoms with Gasteiger partial charge in [-0.25, -0.2) is 0 Å². The van der Waals surface area contributed by atoms with Crippen molar-refractivity contribution in [2.45, 2.75) is 25.5 Å². The molecule has 4 rings (SSSR count). The molecule has 1 heterocycles. The van der Waals surface area contributed by atoms with Gasteiger partial charge in [-0.05, 0) is 49.6 Å². The van der Waals surface area contributed by atoms with Crippen molar-refractivity contribution in [3.63, 3.8) is 0 Å². The van der Waals surface area contributed by atoms with E-state index in [2.05, 4.69) is 11.4 Å². The molecule has 1 unspecified atom stereocenters. The Balaban J connectivity index is 1.72. The highest BCUT2D eigenvalue weighted by Crippen LogP contribution is 2.42. The Labute approximate surface area is 197 Å². The van der Waals surface area contributed by atoms with Crippen LogP contribution in [-0.2, 0) is 16.0 Å². The van der Waals surface area contributed by atoms with E-state index in [9.17, 15) is 14.9 Å². The van der Waals surface area contributed by atoms with Crippen molar-refractivity contribution >= 4 is 35.0 Å². The third-order valence-electron chi connectivity index (χ3n) is 5.41. The number of carbonyl (C=O) groups excluding carboxylic acids is 2. The zero-order valence-corrected chi connectivity index (χ0v) is 19.2. The van der Waals surface area contributed by atoms with Gasteiger partial charge in [0.1, 0.15) is 16.7 Å². The molecule has 3 aromatic rings. The second kappa shape index (κ2) is 9.76. The fraction of sp³-hybridized carbons (Fsp3) is 0.148. The molecule has 2 amide bonds. The van der Waals surface area contributed by atoms with E-state index in [1.54, 1.807) is 12.1 Å². The number of nitrogens with one attached hydrogen (secondary N) is 1. The lowest BCUT2D eigenvalue weighted by Crippen LogP contribution is -2.30. The van der Waals surface area contributed by atoms with Gasteiger partial charge >= 0.3 is 0 Å². The summed E-state index contributed by atoms with van der Waals surface area (Å²) in [6.07, 6.45) is 0.509. The summed E-state index contributed by atoms with van der Waals surface area (Å²) in [6.45, 7) is 3.88. The van der Waals surface area contributed by atoms with Gasteiger partial charge in [0.15, 0.2) is 0 Å². The third-order valence-corrected chi connectivity index (χ3v) is 6.68. The number of anilines is 2. The Kier molecular flexibility index (Phi) is 6.62. The smallest absolute Gasteiger partial charge is 0.269 e. The van der Waals surface area contributed by atoms with Crippen molar-refractivity contribution in [3.8, 4) is 6.07 Å². The Bertz CT molecular complexity index is 1260. The van der Waals surface area contributed by atoms with Crippen LogP contribution in [0.4, 0.5) is 11.4 Å². The SMILES string of the molecule is Cc1ccc(NC(=O)C(C#N)=C2SC(Cc3ccccc3)C(=O)N2c2ccccc2)c(C)c1. The molecule has 1 aliphatic heterocycles. The topological polar surface area (TPSA) is 73.2 Å². The average Bonchev–Trinajstić information content (AvgIpc) is 3.13. The summed E-state index contributed by atoms with van der Waals surface area (Å²) < 4.78 is 0. The van der Waals surface area contributed by atoms with E-state index in [1.807, 2.05) is 80.6 Å². The number of benzene rings is 3. The number of amides is 2. The number of nitriles is 1. The summed E-state index contributed by atoms with van der Waals surface area (Å²) in [5, 5.41) is 12.7. The number of hydrogen-bond donors (Lipinski definition) is 1. The maximum absolute atomic E-state index is 13.4. The zero-order valence-electron chi connectivity index (χ0n) is 18.4. The van der Waals surface area contributed by atoms with Crippen LogP contribution in [0.15, 0.2) is 89.5 Å². The van der Waals surface area contributed by atoms with Gasteiger partial charge in [0.25, 0.3) is 5.91 Å². The van der Waals surface area contributed by atoms with Crippen LogP contribution < -0.4 is 10.2 Å². The minimum Gasteiger partial charge on any atom is -0.321 e. The molecule has 1 atom stereocenters. The maximum Gasteiger partial charge on any atom is 0.269 e. The van der Waals surface area contributed by atoms with Crippen molar-refractivity contribution in [2.75, 3.05) is 10.2 Å². The summed E-state index contributed by atoms with van der Waals surface area (Å²) >= 11 is 1.27. The molecule has 33 heavy (non-hydrogen) atoms. The molecule has 0 radical (unpaired) electrons. The Morgan fingerprint density at radius 3 is 2.33 bits per heavy atom. The molecular weight excluding hydrogens is 430 g/mol. The van der Waals surface area contributed by atoms with Crippen LogP contribution in [0, 0.1) is 25.2 Å². The standard InChI is InChI=1S/C27H23N3O2S/c1-18-13-14-23(19(2)15-18)29-25(31)22(17-28)27-30(21-11-7-4-8-12-21)26(32)24(33-27)16-20-9-5-3-6-10-20/h3-15,24H,16H2,1-2H3,(H,29,31). The van der Waals surface area contributed by atoms with Gasteiger partial charge in [-0.2, -0.15) is 5.26 Å². The van der Waals surface area contributed by atoms with Crippen LogP contribution in [0.25, 0.3) is 0 Å². The van der Waals surface area contributed by atoms with Gasteiger partial charge < -0.3 is 5.32 Å². The van der Waals surface area contributed by atoms with Crippen LogP contribution in [0.5, 0.6) is 0 Å². The number of nitrogens with zero attached hydrogens (tertiary/aromatic N) is 2. The first-order valence-corrected chi connectivity index (χ1v) is 11.5. The summed E-state index contributed by atoms with van der Waals surface area (Å²) in [6, 6.07) is 26.6. The first-order valence-electron chi connectivity index (χ1n) is 10.6. The minimum absolute atomic E-state index is 0.0762. The van der Waals surface area contributed by atoms with Gasteiger partial charge in [0, 0.05) is 11.4 Å². The fourth-order valence-electron chi connectivity index (χ4n) is 3.77. The van der Waals surface area contributed by atoms with Gasteiger partial charge in [0.05, 0.1) is 5.25 Å². The maximum atomic E-state index is 13.4. The van der Waals surface area contributed by atoms with Crippen LogP contribution >= 0.6 is 11.8 Å². The molecule has 164 valence electrons. The molecule has 1 saturated heterocycles. The predicted molar refractivity (Wildman–Crippen MR) is 133 cm³/mol. The fourth-order valence-corrected chi connectivity index (χ4v) is 5.07. The Morgan fingerprint density at radius 1 is 1.03 bits per heavy atom. The quantitative estimate of drug-likeness (QED) is 0.416. The summed E-state index contributed by atoms with van der Waals surface area (Å²) in [5.74, 6) is -0.668. The summed E-state index contributed by atoms with van der Waals surface area (Å²) in [7, 11) is 0. The van der Waals surface area contributed by atoms with Crippen molar-refractivity contribution < 1.29 is 9.59 Å². The first-order chi connectivity index (χ1) is 16.0. The van der Waals surface area contributed by atoms with E-state index in [1.165, 1.54) is 16.7 Å². The molecule has 6 heteroatoms. The highest BCUT2D eigenvalue weighted by molar-refractivity contribution is 8.05. The minimum atomic E-state index is -0.527. The number of hydrogen-bond acceptors (Lipinski definition) is 4. The van der Waals surface area contributed by atoms with Crippen molar-refractivity contribution in [2.24, 2.45) is 0 Å². The molecule has 1 aliphatic rings. The number of para-hydroxylation sites is 1. The monoisotopic (exact) mass is 453 g/mol. The lowest BCUT2D eigenvalue weighted by molar-refractivity contribution is -0.117. The Morgan fingerprint density at radius 2 is 1.70 bits per heavy atom. The molecule has 1 N–H and O–H groups in total. The van der Waals surface area contributed by atoms with E-state index in [0.717, 1.165) is 16.7 Å². The Hall–Kier alpha value is -3.82. The second-order valence-electron chi connectivity index (χ2n) is 7.87. The van der Waals surface area contributed by atoms with E-state index < -0.39 is 11.2 Å². The van der Waals surface area contributed by atoms with Gasteiger partial charge in [-0.15, -0.1) is 0 Å². The molecule has 0 saturated carbocycles. The molecular formula is C27H23N3O2S. The van der Waals surface area contributed by atoms with Crippen LogP contribution in [0.3, 0.4) is 0 Å². The van der Waals surface area contributed by atoms with Gasteiger partial charge in [-0.1, -0.05) is 78.0 Å². The van der Waals surface area contributed by atoms with Crippen LogP contribution in [0.2, 0.25) is 0 Å². The zero-order chi connectivity index (χ0) is 23.4. The number of thioether (sulfide) groups is 1. The molecule has 0 bridgehead atoms. The highest BCUT2D eigenvalue weighted by Gasteiger charge is 2.40. The van der Waals surface area contributed by atoms with E-state index >= 15 is 0 Å². The van der Waals surface area contributed by atoms with Crippen LogP contribution in [-0.4, -0.2) is 17.1 Å². The second-order valence-corrected chi connectivity index (χ2v) is 9.06. The first kappa shape index (κ1) is 22.4. The van der Waals surface area contributed by atoms with E-state index in [4.69, 9.17) is 0 Å². The molecule has 3 aromatic carbocycles. The molecule has 0 aromatic heterocycles. The van der Waals surface area contributed by atoms with E-state index in [-0.39, 0.29) is 11.5 Å². The normalized spacial score (nSPS) is 16.9. The van der Waals surface area contributed by atoms with Crippen LogP contribution in [0.1, 0.15) is 16.7 Å². The van der Waals surface area contributed by atoms with Gasteiger partial charge in [0.2, 0.25) is 5.91 Å². The van der Waals surface area contributed by atoms with Crippen molar-refractivity contribution in [3.05, 3.63) is 106 Å². The predicted octanol–water partition coefficient (Wildman–Crippen LogP) is 5.37. The van der Waals surface area contributed by atoms with E-state index in [0.29, 0.717) is 22.8 Å². The molecule has 1 fully saturated rings. The molecule has 0 spiro atoms. The van der Waals surface area contributed by atoms with Gasteiger partial charge in [-0.3, -0.25) is 14.5 Å². The average molecular weight is 454 g/mol. The summed E-state index contributed by atoms with van der Waals surface area (Å²) in [5.41, 5.74) is 4.21. The van der Waals surface area contributed by atoms with Crippen molar-refractivity contribution in [1.29, 1.82) is 5.26 Å². The number of carbonyl (C=O) groups is 2.